The molecule has 2 aromatic rings. The van der Waals surface area contributed by atoms with E-state index < -0.39 is 22.9 Å². The fraction of sp³-hybridized carbons (Fsp3) is 0.364. The van der Waals surface area contributed by atoms with Crippen molar-refractivity contribution in [1.82, 2.24) is 4.90 Å². The van der Waals surface area contributed by atoms with E-state index in [1.54, 1.807) is 12.0 Å². The Bertz CT molecular complexity index is 1010. The molecule has 1 fully saturated rings. The summed E-state index contributed by atoms with van der Waals surface area (Å²) in [6.07, 6.45) is -4.48. The summed E-state index contributed by atoms with van der Waals surface area (Å²) in [6.45, 7) is 2.42. The van der Waals surface area contributed by atoms with Gasteiger partial charge in [-0.2, -0.15) is 13.2 Å². The molecule has 0 saturated carbocycles. The highest BCUT2D eigenvalue weighted by Crippen LogP contribution is 2.40. The van der Waals surface area contributed by atoms with Gasteiger partial charge < -0.3 is 19.9 Å². The summed E-state index contributed by atoms with van der Waals surface area (Å²) in [5.41, 5.74) is 0.364. The van der Waals surface area contributed by atoms with Crippen LogP contribution in [-0.2, 0) is 15.8 Å². The number of fused-ring (bicyclic) bond motifs is 1. The van der Waals surface area contributed by atoms with E-state index in [1.807, 2.05) is 24.3 Å². The number of methoxy groups -OCH3 is 1. The van der Waals surface area contributed by atoms with Crippen LogP contribution in [0.4, 0.5) is 24.5 Å². The highest BCUT2D eigenvalue weighted by molar-refractivity contribution is 8.01. The number of amides is 2. The van der Waals surface area contributed by atoms with Crippen LogP contribution in [0.5, 0.6) is 5.75 Å². The van der Waals surface area contributed by atoms with Crippen molar-refractivity contribution in [3.05, 3.63) is 48.0 Å². The van der Waals surface area contributed by atoms with Gasteiger partial charge in [0.05, 0.1) is 23.6 Å². The van der Waals surface area contributed by atoms with Crippen molar-refractivity contribution >= 4 is 35.0 Å². The SMILES string of the molecule is COc1ccc(N2CCN(C(=O)C[C@@H]3Sc4ccc(C(F)(F)F)cc4NC3=O)CC2)cc1. The maximum absolute atomic E-state index is 12.9. The Labute approximate surface area is 187 Å². The largest absolute Gasteiger partial charge is 0.497 e. The molecule has 4 rings (SSSR count). The van der Waals surface area contributed by atoms with Crippen molar-refractivity contribution < 1.29 is 27.5 Å². The molecule has 0 aliphatic carbocycles. The molecule has 2 heterocycles. The van der Waals surface area contributed by atoms with Gasteiger partial charge in [0.15, 0.2) is 0 Å². The number of ether oxygens (including phenoxy) is 1. The van der Waals surface area contributed by atoms with Gasteiger partial charge in [-0.05, 0) is 42.5 Å². The number of hydrogen-bond acceptors (Lipinski definition) is 5. The Balaban J connectivity index is 1.34. The fourth-order valence-corrected chi connectivity index (χ4v) is 4.84. The number of nitrogens with one attached hydrogen (secondary N) is 1. The number of carbonyl (C=O) groups is 2. The van der Waals surface area contributed by atoms with Crippen LogP contribution in [0, 0.1) is 0 Å². The normalized spacial score (nSPS) is 18.8. The molecule has 0 bridgehead atoms. The Morgan fingerprint density at radius 3 is 2.44 bits per heavy atom. The van der Waals surface area contributed by atoms with Gasteiger partial charge in [0, 0.05) is 43.2 Å². The first-order valence-corrected chi connectivity index (χ1v) is 11.0. The van der Waals surface area contributed by atoms with Crippen LogP contribution in [-0.4, -0.2) is 55.3 Å². The monoisotopic (exact) mass is 465 g/mol. The minimum absolute atomic E-state index is 0.000498. The van der Waals surface area contributed by atoms with Crippen molar-refractivity contribution in [2.24, 2.45) is 0 Å². The second-order valence-electron chi connectivity index (χ2n) is 7.57. The van der Waals surface area contributed by atoms with Gasteiger partial charge in [-0.25, -0.2) is 0 Å². The molecule has 2 aliphatic heterocycles. The summed E-state index contributed by atoms with van der Waals surface area (Å²) in [6, 6.07) is 11.0. The lowest BCUT2D eigenvalue weighted by Crippen LogP contribution is -2.49. The third kappa shape index (κ3) is 4.79. The molecular formula is C22H22F3N3O3S. The van der Waals surface area contributed by atoms with Gasteiger partial charge in [0.25, 0.3) is 0 Å². The number of hydrogen-bond donors (Lipinski definition) is 1. The van der Waals surface area contributed by atoms with E-state index in [0.29, 0.717) is 31.1 Å². The summed E-state index contributed by atoms with van der Waals surface area (Å²) in [7, 11) is 1.61. The first-order chi connectivity index (χ1) is 15.2. The predicted molar refractivity (Wildman–Crippen MR) is 116 cm³/mol. The molecule has 2 amide bonds. The van der Waals surface area contributed by atoms with Crippen LogP contribution < -0.4 is 15.0 Å². The van der Waals surface area contributed by atoms with Crippen LogP contribution in [0.1, 0.15) is 12.0 Å². The zero-order chi connectivity index (χ0) is 22.9. The smallest absolute Gasteiger partial charge is 0.416 e. The number of carbonyl (C=O) groups excluding carboxylic acids is 2. The van der Waals surface area contributed by atoms with Crippen molar-refractivity contribution in [3.63, 3.8) is 0 Å². The van der Waals surface area contributed by atoms with Gasteiger partial charge >= 0.3 is 6.18 Å². The second-order valence-corrected chi connectivity index (χ2v) is 8.82. The summed E-state index contributed by atoms with van der Waals surface area (Å²) in [5.74, 6) is 0.191. The standard InChI is InChI=1S/C22H22F3N3O3S/c1-31-16-5-3-15(4-6-16)27-8-10-28(11-9-27)20(29)13-19-21(30)26-17-12-14(22(23,24)25)2-7-18(17)32-19/h2-7,12,19H,8-11,13H2,1H3,(H,26,30)/t19-/m0/s1. The molecule has 0 radical (unpaired) electrons. The lowest BCUT2D eigenvalue weighted by Gasteiger charge is -2.37. The van der Waals surface area contributed by atoms with Crippen LogP contribution in [0.2, 0.25) is 0 Å². The minimum Gasteiger partial charge on any atom is -0.497 e. The lowest BCUT2D eigenvalue weighted by atomic mass is 10.1. The molecule has 0 spiro atoms. The maximum atomic E-state index is 12.9. The van der Waals surface area contributed by atoms with Crippen molar-refractivity contribution in [2.45, 2.75) is 22.7 Å². The average molecular weight is 465 g/mol. The highest BCUT2D eigenvalue weighted by Gasteiger charge is 2.35. The Kier molecular flexibility index (Phi) is 6.23. The molecule has 6 nitrogen and oxygen atoms in total. The number of halogens is 3. The summed E-state index contributed by atoms with van der Waals surface area (Å²) in [4.78, 5) is 29.6. The van der Waals surface area contributed by atoms with E-state index in [1.165, 1.54) is 6.07 Å². The minimum atomic E-state index is -4.48. The second kappa shape index (κ2) is 8.93. The topological polar surface area (TPSA) is 61.9 Å². The van der Waals surface area contributed by atoms with E-state index in [-0.39, 0.29) is 18.0 Å². The molecule has 32 heavy (non-hydrogen) atoms. The van der Waals surface area contributed by atoms with Crippen molar-refractivity contribution in [1.29, 1.82) is 0 Å². The van der Waals surface area contributed by atoms with Gasteiger partial charge in [-0.3, -0.25) is 9.59 Å². The average Bonchev–Trinajstić information content (AvgIpc) is 2.78. The number of benzene rings is 2. The van der Waals surface area contributed by atoms with E-state index in [0.717, 1.165) is 35.3 Å². The first kappa shape index (κ1) is 22.3. The van der Waals surface area contributed by atoms with E-state index >= 15 is 0 Å². The number of piperazine rings is 1. The van der Waals surface area contributed by atoms with Crippen molar-refractivity contribution in [3.8, 4) is 5.75 Å². The Morgan fingerprint density at radius 1 is 1.12 bits per heavy atom. The first-order valence-electron chi connectivity index (χ1n) is 10.1. The van der Waals surface area contributed by atoms with Crippen LogP contribution in [0.3, 0.4) is 0 Å². The summed E-state index contributed by atoms with van der Waals surface area (Å²) >= 11 is 1.13. The number of alkyl halides is 3. The Morgan fingerprint density at radius 2 is 1.81 bits per heavy atom. The van der Waals surface area contributed by atoms with Crippen LogP contribution >= 0.6 is 11.8 Å². The molecule has 1 atom stereocenters. The van der Waals surface area contributed by atoms with Crippen molar-refractivity contribution in [2.75, 3.05) is 43.5 Å². The zero-order valence-corrected chi connectivity index (χ0v) is 18.1. The number of rotatable bonds is 4. The molecule has 10 heteroatoms. The van der Waals surface area contributed by atoms with Crippen LogP contribution in [0.15, 0.2) is 47.4 Å². The molecular weight excluding hydrogens is 443 g/mol. The number of nitrogens with zero attached hydrogens (tertiary/aromatic N) is 2. The van der Waals surface area contributed by atoms with Gasteiger partial charge in [0.2, 0.25) is 11.8 Å². The summed E-state index contributed by atoms with van der Waals surface area (Å²) in [5, 5.41) is 1.84. The van der Waals surface area contributed by atoms with Gasteiger partial charge in [0.1, 0.15) is 5.75 Å². The third-order valence-corrected chi connectivity index (χ3v) is 6.83. The van der Waals surface area contributed by atoms with Gasteiger partial charge in [-0.1, -0.05) is 0 Å². The lowest BCUT2D eigenvalue weighted by molar-refractivity contribution is -0.137. The molecule has 1 saturated heterocycles. The van der Waals surface area contributed by atoms with E-state index in [2.05, 4.69) is 10.2 Å². The van der Waals surface area contributed by atoms with E-state index in [4.69, 9.17) is 4.74 Å². The van der Waals surface area contributed by atoms with Gasteiger partial charge in [-0.15, -0.1) is 11.8 Å². The Hall–Kier alpha value is -2.88. The number of thioether (sulfide) groups is 1. The predicted octanol–water partition coefficient (Wildman–Crippen LogP) is 3.87. The fourth-order valence-electron chi connectivity index (χ4n) is 3.76. The molecule has 170 valence electrons. The molecule has 0 unspecified atom stereocenters. The maximum Gasteiger partial charge on any atom is 0.416 e. The zero-order valence-electron chi connectivity index (χ0n) is 17.3. The molecule has 0 aromatic heterocycles. The molecule has 2 aliphatic rings. The van der Waals surface area contributed by atoms with E-state index in [9.17, 15) is 22.8 Å². The quantitative estimate of drug-likeness (QED) is 0.743. The highest BCUT2D eigenvalue weighted by atomic mass is 32.2. The third-order valence-electron chi connectivity index (χ3n) is 5.56. The molecule has 2 aromatic carbocycles. The summed E-state index contributed by atoms with van der Waals surface area (Å²) < 4.78 is 43.9. The van der Waals surface area contributed by atoms with Crippen LogP contribution in [0.25, 0.3) is 0 Å². The number of anilines is 2. The molecule has 1 N–H and O–H groups in total.